The normalized spacial score (nSPS) is 9.25. The van der Waals surface area contributed by atoms with E-state index in [2.05, 4.69) is 76.6 Å². The summed E-state index contributed by atoms with van der Waals surface area (Å²) in [4.78, 5) is 45.3. The maximum atomic E-state index is 12.1. The summed E-state index contributed by atoms with van der Waals surface area (Å²) in [7, 11) is -5.31. The smallest absolute Gasteiger partial charge is 0.790 e. The molecule has 0 aliphatic carbocycles. The number of phosphoric acid groups is 1. The third kappa shape index (κ3) is 34.8. The van der Waals surface area contributed by atoms with E-state index in [0.717, 1.165) is 19.3 Å². The largest absolute Gasteiger partial charge is 1.00 e. The van der Waals surface area contributed by atoms with Gasteiger partial charge >= 0.3 is 71.1 Å². The molecule has 0 radical (unpaired) electrons. The molecule has 12 heteroatoms. The van der Waals surface area contributed by atoms with Crippen molar-refractivity contribution in [3.8, 4) is 71.5 Å². The standard InChI is InChI=1S/C28H31O8P.2Na.H2S.11H2/c1-3-5-7-9-11-13-15-16-18-20-22-27(29)34-24-26(25-35-37(31,32)33)36-28(30)23-21-19-17-14-12-10-8-6-4-2;;;;;;;;;;;;;;/h1,26H,4,6,8,10,12,14,17,19,21,23-25H2,2H3,(H2,31,32,33);;;1H2;11*1H/q;2*+1;;;;;;;;;;;;/p-2/t26-;;;;;;;;;;;;;;/m0............../s1. The van der Waals surface area contributed by atoms with Gasteiger partial charge < -0.3 is 28.3 Å². The number of esters is 2. The first-order valence-electron chi connectivity index (χ1n) is 11.8. The molecule has 8 nitrogen and oxygen atoms in total. The third-order valence-electron chi connectivity index (χ3n) is 4.34. The van der Waals surface area contributed by atoms with E-state index in [9.17, 15) is 23.9 Å². The zero-order valence-electron chi connectivity index (χ0n) is 23.4. The van der Waals surface area contributed by atoms with Crippen molar-refractivity contribution in [2.24, 2.45) is 0 Å². The van der Waals surface area contributed by atoms with Crippen LogP contribution in [0, 0.1) is 71.5 Å². The van der Waals surface area contributed by atoms with Gasteiger partial charge in [-0.05, 0) is 65.6 Å². The maximum Gasteiger partial charge on any atom is 1.00 e. The van der Waals surface area contributed by atoms with Crippen molar-refractivity contribution < 1.29 is 113 Å². The summed E-state index contributed by atoms with van der Waals surface area (Å²) in [5, 5.41) is 0. The first kappa shape index (κ1) is 45.7. The van der Waals surface area contributed by atoms with E-state index >= 15 is 0 Å². The maximum absolute atomic E-state index is 12.1. The van der Waals surface area contributed by atoms with Crippen molar-refractivity contribution >= 4 is 33.3 Å². The molecule has 0 rings (SSSR count). The van der Waals surface area contributed by atoms with Crippen LogP contribution in [0.4, 0.5) is 0 Å². The molecule has 0 aliphatic rings. The van der Waals surface area contributed by atoms with Gasteiger partial charge in [0.1, 0.15) is 6.61 Å². The van der Waals surface area contributed by atoms with Crippen LogP contribution in [-0.2, 0) is 28.2 Å². The number of phosphoric ester groups is 1. The van der Waals surface area contributed by atoms with Gasteiger partial charge in [0.05, 0.1) is 14.4 Å². The Bertz CT molecular complexity index is 1170. The van der Waals surface area contributed by atoms with Crippen LogP contribution in [-0.4, -0.2) is 31.3 Å². The fourth-order valence-corrected chi connectivity index (χ4v) is 3.01. The van der Waals surface area contributed by atoms with E-state index in [-0.39, 0.29) is 94.7 Å². The van der Waals surface area contributed by atoms with E-state index in [1.807, 2.05) is 0 Å². The predicted octanol–water partition coefficient (Wildman–Crippen LogP) is -1.32. The molecule has 0 N–H and O–H groups in total. The van der Waals surface area contributed by atoms with Crippen molar-refractivity contribution in [1.29, 1.82) is 0 Å². The molecule has 0 bridgehead atoms. The Hall–Kier alpha value is -1.24. The van der Waals surface area contributed by atoms with Crippen LogP contribution in [0.2, 0.25) is 0 Å². The van der Waals surface area contributed by atoms with E-state index < -0.39 is 39.1 Å². The van der Waals surface area contributed by atoms with Gasteiger partial charge in [-0.2, -0.15) is 13.5 Å². The van der Waals surface area contributed by atoms with Gasteiger partial charge in [-0.25, -0.2) is 4.79 Å². The van der Waals surface area contributed by atoms with E-state index in [4.69, 9.17) is 15.9 Å². The summed E-state index contributed by atoms with van der Waals surface area (Å²) in [5.41, 5.74) is 0. The molecule has 0 fully saturated rings. The number of carbonyl (C=O) groups excluding carboxylic acids is 2. The summed E-state index contributed by atoms with van der Waals surface area (Å²) in [5.74, 6) is 23.4. The average molecular weight is 627 g/mol. The minimum atomic E-state index is -5.31. The Morgan fingerprint density at radius 1 is 0.800 bits per heavy atom. The topological polar surface area (TPSA) is 125 Å². The van der Waals surface area contributed by atoms with E-state index in [1.165, 1.54) is 32.1 Å². The zero-order valence-corrected chi connectivity index (χ0v) is 29.2. The Kier molecular flexibility index (Phi) is 36.9. The first-order valence-corrected chi connectivity index (χ1v) is 13.2. The van der Waals surface area contributed by atoms with E-state index in [0.29, 0.717) is 6.42 Å². The van der Waals surface area contributed by atoms with E-state index in [1.54, 1.807) is 0 Å². The van der Waals surface area contributed by atoms with Crippen LogP contribution in [0.25, 0.3) is 0 Å². The van der Waals surface area contributed by atoms with Crippen LogP contribution in [0.15, 0.2) is 0 Å². The number of ether oxygens (including phenoxy) is 2. The van der Waals surface area contributed by atoms with Crippen molar-refractivity contribution in [2.75, 3.05) is 13.2 Å². The third-order valence-corrected chi connectivity index (χ3v) is 4.80. The average Bonchev–Trinajstić information content (AvgIpc) is 2.85. The van der Waals surface area contributed by atoms with Gasteiger partial charge in [0.2, 0.25) is 0 Å². The number of unbranched alkanes of at least 4 members (excludes halogenated alkanes) is 8. The molecule has 0 amide bonds. The van der Waals surface area contributed by atoms with Gasteiger partial charge in [-0.15, -0.1) is 6.42 Å². The second-order valence-corrected chi connectivity index (χ2v) is 8.58. The Balaban J connectivity index is -0.0000000712. The zero-order chi connectivity index (χ0) is 27.6. The molecule has 0 saturated carbocycles. The molecule has 0 heterocycles. The van der Waals surface area contributed by atoms with Crippen LogP contribution in [0.5, 0.6) is 0 Å². The van der Waals surface area contributed by atoms with Crippen LogP contribution in [0.3, 0.4) is 0 Å². The Morgan fingerprint density at radius 2 is 1.27 bits per heavy atom. The molecule has 40 heavy (non-hydrogen) atoms. The molecule has 0 unspecified atom stereocenters. The molecule has 0 aromatic carbocycles. The molecule has 226 valence electrons. The van der Waals surface area contributed by atoms with Crippen LogP contribution < -0.4 is 68.9 Å². The first-order chi connectivity index (χ1) is 17.8. The fourth-order valence-electron chi connectivity index (χ4n) is 2.66. The molecule has 0 saturated heterocycles. The second-order valence-electron chi connectivity index (χ2n) is 7.43. The van der Waals surface area contributed by atoms with Gasteiger partial charge in [0, 0.05) is 28.0 Å². The monoisotopic (exact) mass is 626 g/mol. The number of hydrogen-bond acceptors (Lipinski definition) is 8. The molecular formula is C28H53Na2O8PS. The summed E-state index contributed by atoms with van der Waals surface area (Å²) in [6.45, 7) is 0.831. The molecule has 0 spiro atoms. The molecular weight excluding hydrogens is 573 g/mol. The number of carbonyl (C=O) groups is 2. The van der Waals surface area contributed by atoms with Crippen molar-refractivity contribution in [2.45, 2.75) is 77.2 Å². The summed E-state index contributed by atoms with van der Waals surface area (Å²) >= 11 is 0. The minimum absolute atomic E-state index is 0. The van der Waals surface area contributed by atoms with Crippen LogP contribution in [0.1, 0.15) is 86.8 Å². The second kappa shape index (κ2) is 32.3. The SMILES string of the molecule is C#CC#CC#CC#CC#CC#CC(=O)OC[C@@H](COP(=O)([O-])[O-])OC(=O)CCCCCCCCCCC.S.[HH].[HH].[HH].[HH].[HH].[HH].[HH].[HH].[HH].[HH].[HH].[Na+].[Na+]. The molecule has 0 aromatic rings. The van der Waals surface area contributed by atoms with Crippen molar-refractivity contribution in [1.82, 2.24) is 0 Å². The summed E-state index contributed by atoms with van der Waals surface area (Å²) in [6.07, 6.45) is 13.3. The van der Waals surface area contributed by atoms with Gasteiger partial charge in [0.15, 0.2) is 6.10 Å². The quantitative estimate of drug-likeness (QED) is 0.0517. The van der Waals surface area contributed by atoms with Gasteiger partial charge in [-0.3, -0.25) is 4.79 Å². The van der Waals surface area contributed by atoms with Crippen molar-refractivity contribution in [3.63, 3.8) is 0 Å². The minimum Gasteiger partial charge on any atom is -0.790 e. The number of hydrogen-bond donors (Lipinski definition) is 0. The number of terminal acetylenes is 1. The van der Waals surface area contributed by atoms with Gasteiger partial charge in [-0.1, -0.05) is 58.3 Å². The Morgan fingerprint density at radius 3 is 1.77 bits per heavy atom. The number of rotatable bonds is 16. The molecule has 0 aromatic heterocycles. The fraction of sp³-hybridized carbons (Fsp3) is 0.500. The predicted molar refractivity (Wildman–Crippen MR) is 168 cm³/mol. The van der Waals surface area contributed by atoms with Crippen LogP contribution >= 0.6 is 21.3 Å². The molecule has 1 atom stereocenters. The molecule has 0 aliphatic heterocycles. The van der Waals surface area contributed by atoms with Crippen molar-refractivity contribution in [3.05, 3.63) is 0 Å². The summed E-state index contributed by atoms with van der Waals surface area (Å²) < 4.78 is 24.9. The Labute approximate surface area is 306 Å². The summed E-state index contributed by atoms with van der Waals surface area (Å²) in [6, 6.07) is 0. The van der Waals surface area contributed by atoms with Gasteiger partial charge in [0.25, 0.3) is 0 Å².